The molecule has 0 fully saturated rings. The summed E-state index contributed by atoms with van der Waals surface area (Å²) < 4.78 is 5.18. The minimum absolute atomic E-state index is 0.106. The quantitative estimate of drug-likeness (QED) is 0.834. The van der Waals surface area contributed by atoms with Crippen LogP contribution in [0.1, 0.15) is 38.0 Å². The Morgan fingerprint density at radius 1 is 1.47 bits per heavy atom. The van der Waals surface area contributed by atoms with Crippen LogP contribution in [-0.4, -0.2) is 22.7 Å². The summed E-state index contributed by atoms with van der Waals surface area (Å²) in [5.41, 5.74) is 1.60. The number of aliphatic hydroxyl groups is 1. The lowest BCUT2D eigenvalue weighted by Crippen LogP contribution is -2.27. The lowest BCUT2D eigenvalue weighted by Gasteiger charge is -2.20. The molecular formula is C14H20ClNO3. The van der Waals surface area contributed by atoms with Gasteiger partial charge in [0.25, 0.3) is 0 Å². The first-order chi connectivity index (χ1) is 8.73. The second-order valence-electron chi connectivity index (χ2n) is 5.37. The van der Waals surface area contributed by atoms with Crippen LogP contribution in [0.2, 0.25) is 0 Å². The van der Waals surface area contributed by atoms with Crippen LogP contribution in [0.5, 0.6) is 0 Å². The molecule has 0 saturated heterocycles. The molecule has 2 N–H and O–H groups in total. The van der Waals surface area contributed by atoms with Gasteiger partial charge >= 0.3 is 6.09 Å². The molecule has 0 aliphatic rings. The average Bonchev–Trinajstić information content (AvgIpc) is 2.28. The molecular weight excluding hydrogens is 266 g/mol. The molecule has 1 aromatic rings. The smallest absolute Gasteiger partial charge is 0.412 e. The number of rotatable bonds is 3. The molecule has 0 heterocycles. The van der Waals surface area contributed by atoms with Crippen molar-refractivity contribution in [3.63, 3.8) is 0 Å². The molecule has 0 aliphatic heterocycles. The van der Waals surface area contributed by atoms with E-state index in [1.165, 1.54) is 0 Å². The van der Waals surface area contributed by atoms with Crippen LogP contribution in [0.4, 0.5) is 10.5 Å². The van der Waals surface area contributed by atoms with Crippen molar-refractivity contribution in [3.05, 3.63) is 29.3 Å². The first-order valence-electron chi connectivity index (χ1n) is 6.07. The standard InChI is InChI=1S/C14H20ClNO3/c1-9-5-6-10(12(17)8-15)7-11(9)16-13(18)19-14(2,3)4/h5-7,12,17H,8H2,1-4H3,(H,16,18). The van der Waals surface area contributed by atoms with Crippen molar-refractivity contribution in [2.75, 3.05) is 11.2 Å². The second-order valence-corrected chi connectivity index (χ2v) is 5.68. The Bertz CT molecular complexity index is 454. The number of aliphatic hydroxyl groups excluding tert-OH is 1. The van der Waals surface area contributed by atoms with Gasteiger partial charge in [0.1, 0.15) is 5.60 Å². The SMILES string of the molecule is Cc1ccc(C(O)CCl)cc1NC(=O)OC(C)(C)C. The van der Waals surface area contributed by atoms with E-state index in [0.717, 1.165) is 5.56 Å². The van der Waals surface area contributed by atoms with E-state index in [1.54, 1.807) is 32.9 Å². The number of amides is 1. The summed E-state index contributed by atoms with van der Waals surface area (Å²) in [6, 6.07) is 5.30. The molecule has 0 radical (unpaired) electrons. The van der Waals surface area contributed by atoms with Gasteiger partial charge in [-0.25, -0.2) is 4.79 Å². The maximum Gasteiger partial charge on any atom is 0.412 e. The minimum atomic E-state index is -0.749. The number of nitrogens with one attached hydrogen (secondary N) is 1. The van der Waals surface area contributed by atoms with Crippen molar-refractivity contribution in [1.29, 1.82) is 0 Å². The maximum atomic E-state index is 11.7. The van der Waals surface area contributed by atoms with Crippen LogP contribution >= 0.6 is 11.6 Å². The number of alkyl halides is 1. The first kappa shape index (κ1) is 15.8. The number of hydrogen-bond acceptors (Lipinski definition) is 3. The molecule has 19 heavy (non-hydrogen) atoms. The Balaban J connectivity index is 2.85. The maximum absolute atomic E-state index is 11.7. The molecule has 5 heteroatoms. The van der Waals surface area contributed by atoms with Gasteiger partial charge in [-0.3, -0.25) is 5.32 Å². The van der Waals surface area contributed by atoms with E-state index in [0.29, 0.717) is 11.3 Å². The second kappa shape index (κ2) is 6.26. The number of carbonyl (C=O) groups is 1. The van der Waals surface area contributed by atoms with Gasteiger partial charge in [0.2, 0.25) is 0 Å². The van der Waals surface area contributed by atoms with E-state index in [4.69, 9.17) is 16.3 Å². The van der Waals surface area contributed by atoms with Gasteiger partial charge < -0.3 is 9.84 Å². The molecule has 0 aromatic heterocycles. The van der Waals surface area contributed by atoms with Gasteiger partial charge in [0.05, 0.1) is 12.0 Å². The molecule has 106 valence electrons. The van der Waals surface area contributed by atoms with E-state index in [2.05, 4.69) is 5.32 Å². The Labute approximate surface area is 118 Å². The summed E-state index contributed by atoms with van der Waals surface area (Å²) >= 11 is 5.61. The van der Waals surface area contributed by atoms with Gasteiger partial charge in [-0.1, -0.05) is 12.1 Å². The topological polar surface area (TPSA) is 58.6 Å². The zero-order valence-corrected chi connectivity index (χ0v) is 12.4. The average molecular weight is 286 g/mol. The third-order valence-corrected chi connectivity index (χ3v) is 2.72. The van der Waals surface area contributed by atoms with E-state index >= 15 is 0 Å². The highest BCUT2D eigenvalue weighted by Gasteiger charge is 2.17. The van der Waals surface area contributed by atoms with Crippen molar-refractivity contribution in [2.24, 2.45) is 0 Å². The molecule has 0 aliphatic carbocycles. The number of aryl methyl sites for hydroxylation is 1. The fraction of sp³-hybridized carbons (Fsp3) is 0.500. The van der Waals surface area contributed by atoms with Crippen LogP contribution in [0.3, 0.4) is 0 Å². The van der Waals surface area contributed by atoms with E-state index in [9.17, 15) is 9.90 Å². The zero-order valence-electron chi connectivity index (χ0n) is 11.7. The molecule has 0 bridgehead atoms. The number of halogens is 1. The summed E-state index contributed by atoms with van der Waals surface area (Å²) in [7, 11) is 0. The van der Waals surface area contributed by atoms with Crippen LogP contribution in [0.15, 0.2) is 18.2 Å². The monoisotopic (exact) mass is 285 g/mol. The van der Waals surface area contributed by atoms with Gasteiger partial charge in [-0.15, -0.1) is 11.6 Å². The van der Waals surface area contributed by atoms with Gasteiger partial charge in [0.15, 0.2) is 0 Å². The Morgan fingerprint density at radius 3 is 2.63 bits per heavy atom. The van der Waals surface area contributed by atoms with Crippen molar-refractivity contribution in [3.8, 4) is 0 Å². The largest absolute Gasteiger partial charge is 0.444 e. The van der Waals surface area contributed by atoms with Gasteiger partial charge in [-0.05, 0) is 44.9 Å². The molecule has 0 spiro atoms. The van der Waals surface area contributed by atoms with Crippen molar-refractivity contribution < 1.29 is 14.6 Å². The summed E-state index contributed by atoms with van der Waals surface area (Å²) in [6.07, 6.45) is -1.27. The lowest BCUT2D eigenvalue weighted by molar-refractivity contribution is 0.0635. The molecule has 1 rings (SSSR count). The Kier molecular flexibility index (Phi) is 5.20. The fourth-order valence-electron chi connectivity index (χ4n) is 1.48. The number of anilines is 1. The number of ether oxygens (including phenoxy) is 1. The zero-order chi connectivity index (χ0) is 14.6. The van der Waals surface area contributed by atoms with Crippen molar-refractivity contribution in [2.45, 2.75) is 39.4 Å². The lowest BCUT2D eigenvalue weighted by atomic mass is 10.1. The van der Waals surface area contributed by atoms with Crippen molar-refractivity contribution in [1.82, 2.24) is 0 Å². The highest BCUT2D eigenvalue weighted by Crippen LogP contribution is 2.23. The van der Waals surface area contributed by atoms with Crippen LogP contribution < -0.4 is 5.32 Å². The summed E-state index contributed by atoms with van der Waals surface area (Å²) in [5, 5.41) is 12.4. The van der Waals surface area contributed by atoms with E-state index < -0.39 is 17.8 Å². The number of benzene rings is 1. The molecule has 4 nitrogen and oxygen atoms in total. The predicted octanol–water partition coefficient (Wildman–Crippen LogP) is 3.61. The van der Waals surface area contributed by atoms with Gasteiger partial charge in [-0.2, -0.15) is 0 Å². The molecule has 0 saturated carbocycles. The third-order valence-electron chi connectivity index (χ3n) is 2.43. The summed E-state index contributed by atoms with van der Waals surface area (Å²) in [4.78, 5) is 11.7. The van der Waals surface area contributed by atoms with Crippen LogP contribution in [0.25, 0.3) is 0 Å². The number of hydrogen-bond donors (Lipinski definition) is 2. The summed E-state index contributed by atoms with van der Waals surface area (Å²) in [5.74, 6) is 0.106. The fourth-order valence-corrected chi connectivity index (χ4v) is 1.66. The molecule has 1 aromatic carbocycles. The highest BCUT2D eigenvalue weighted by atomic mass is 35.5. The highest BCUT2D eigenvalue weighted by molar-refractivity contribution is 6.18. The van der Waals surface area contributed by atoms with Gasteiger partial charge in [0, 0.05) is 5.69 Å². The Morgan fingerprint density at radius 2 is 2.11 bits per heavy atom. The first-order valence-corrected chi connectivity index (χ1v) is 6.61. The van der Waals surface area contributed by atoms with Crippen LogP contribution in [-0.2, 0) is 4.74 Å². The van der Waals surface area contributed by atoms with Crippen LogP contribution in [0, 0.1) is 6.92 Å². The van der Waals surface area contributed by atoms with E-state index in [-0.39, 0.29) is 5.88 Å². The normalized spacial score (nSPS) is 12.9. The van der Waals surface area contributed by atoms with Crippen molar-refractivity contribution >= 4 is 23.4 Å². The summed E-state index contributed by atoms with van der Waals surface area (Å²) in [6.45, 7) is 7.26. The molecule has 1 amide bonds. The number of carbonyl (C=O) groups excluding carboxylic acids is 1. The third kappa shape index (κ3) is 5.09. The molecule has 1 atom stereocenters. The predicted molar refractivity (Wildman–Crippen MR) is 76.7 cm³/mol. The minimum Gasteiger partial charge on any atom is -0.444 e. The van der Waals surface area contributed by atoms with E-state index in [1.807, 2.05) is 13.0 Å². The molecule has 1 unspecified atom stereocenters. The Hall–Kier alpha value is -1.26.